The van der Waals surface area contributed by atoms with Crippen LogP contribution in [0, 0.1) is 5.92 Å². The molecule has 4 nitrogen and oxygen atoms in total. The van der Waals surface area contributed by atoms with Gasteiger partial charge in [0, 0.05) is 32.6 Å². The van der Waals surface area contributed by atoms with Crippen molar-refractivity contribution in [2.45, 2.75) is 26.3 Å². The molecule has 1 fully saturated rings. The van der Waals surface area contributed by atoms with Crippen LogP contribution in [0.5, 0.6) is 0 Å². The lowest BCUT2D eigenvalue weighted by molar-refractivity contribution is -0.131. The Morgan fingerprint density at radius 3 is 2.75 bits per heavy atom. The van der Waals surface area contributed by atoms with Gasteiger partial charge in [-0.05, 0) is 5.92 Å². The summed E-state index contributed by atoms with van der Waals surface area (Å²) >= 11 is 0. The van der Waals surface area contributed by atoms with Gasteiger partial charge in [-0.1, -0.05) is 13.8 Å². The maximum atomic E-state index is 11.8. The molecule has 1 unspecified atom stereocenters. The topological polar surface area (TPSA) is 41.6 Å². The fraction of sp³-hybridized carbons (Fsp3) is 0.909. The summed E-state index contributed by atoms with van der Waals surface area (Å²) in [5.41, 5.74) is 0. The molecule has 1 atom stereocenters. The molecule has 1 N–H and O–H groups in total. The molecular formula is C11H23ClN2O2. The summed E-state index contributed by atoms with van der Waals surface area (Å²) in [6, 6.07) is 0.195. The predicted octanol–water partition coefficient (Wildman–Crippen LogP) is 0.901. The van der Waals surface area contributed by atoms with Gasteiger partial charge in [0.15, 0.2) is 0 Å². The van der Waals surface area contributed by atoms with Crippen molar-refractivity contribution < 1.29 is 9.53 Å². The Kier molecular flexibility index (Phi) is 7.72. The van der Waals surface area contributed by atoms with Gasteiger partial charge in [0.25, 0.3) is 0 Å². The van der Waals surface area contributed by atoms with E-state index in [1.54, 1.807) is 4.90 Å². The Bertz CT molecular complexity index is 206. The smallest absolute Gasteiger partial charge is 0.223 e. The molecule has 5 heteroatoms. The Labute approximate surface area is 104 Å². The Hall–Kier alpha value is -0.320. The lowest BCUT2D eigenvalue weighted by Gasteiger charge is -2.26. The first-order valence-electron chi connectivity index (χ1n) is 5.64. The van der Waals surface area contributed by atoms with Crippen LogP contribution in [0.3, 0.4) is 0 Å². The molecule has 1 saturated heterocycles. The van der Waals surface area contributed by atoms with Gasteiger partial charge in [-0.15, -0.1) is 12.4 Å². The number of morpholine rings is 1. The highest BCUT2D eigenvalue weighted by Crippen LogP contribution is 2.03. The van der Waals surface area contributed by atoms with Crippen LogP contribution in [0.25, 0.3) is 0 Å². The molecule has 0 saturated carbocycles. The lowest BCUT2D eigenvalue weighted by Crippen LogP contribution is -2.44. The minimum atomic E-state index is 0. The van der Waals surface area contributed by atoms with E-state index in [9.17, 15) is 4.79 Å². The number of carbonyl (C=O) groups is 1. The molecular weight excluding hydrogens is 228 g/mol. The highest BCUT2D eigenvalue weighted by atomic mass is 35.5. The summed E-state index contributed by atoms with van der Waals surface area (Å²) in [5, 5.41) is 3.29. The fourth-order valence-corrected chi connectivity index (χ4v) is 1.77. The Morgan fingerprint density at radius 2 is 2.25 bits per heavy atom. The minimum absolute atomic E-state index is 0. The summed E-state index contributed by atoms with van der Waals surface area (Å²) in [6.45, 7) is 7.32. The molecule has 0 aromatic rings. The molecule has 16 heavy (non-hydrogen) atoms. The third kappa shape index (κ3) is 5.68. The van der Waals surface area contributed by atoms with Gasteiger partial charge in [0.2, 0.25) is 5.91 Å². The molecule has 0 radical (unpaired) electrons. The molecule has 0 bridgehead atoms. The zero-order valence-electron chi connectivity index (χ0n) is 10.4. The van der Waals surface area contributed by atoms with E-state index in [2.05, 4.69) is 19.2 Å². The van der Waals surface area contributed by atoms with E-state index in [0.717, 1.165) is 19.7 Å². The lowest BCUT2D eigenvalue weighted by atomic mass is 10.1. The Morgan fingerprint density at radius 1 is 1.56 bits per heavy atom. The summed E-state index contributed by atoms with van der Waals surface area (Å²) in [5.74, 6) is 0.723. The normalized spacial score (nSPS) is 20.4. The third-order valence-corrected chi connectivity index (χ3v) is 2.48. The predicted molar refractivity (Wildman–Crippen MR) is 66.9 cm³/mol. The largest absolute Gasteiger partial charge is 0.378 e. The second kappa shape index (κ2) is 7.87. The van der Waals surface area contributed by atoms with Gasteiger partial charge < -0.3 is 15.0 Å². The van der Waals surface area contributed by atoms with E-state index in [-0.39, 0.29) is 24.4 Å². The summed E-state index contributed by atoms with van der Waals surface area (Å²) < 4.78 is 5.31. The SMILES string of the molecule is CC(C)CN(C)C(=O)CC1COCCN1.Cl. The van der Waals surface area contributed by atoms with Crippen LogP contribution in [0.4, 0.5) is 0 Å². The molecule has 0 spiro atoms. The first kappa shape index (κ1) is 15.7. The van der Waals surface area contributed by atoms with Crippen LogP contribution in [0.1, 0.15) is 20.3 Å². The van der Waals surface area contributed by atoms with Crippen LogP contribution in [0.15, 0.2) is 0 Å². The molecule has 0 aliphatic carbocycles. The first-order valence-corrected chi connectivity index (χ1v) is 5.64. The molecule has 1 aliphatic rings. The minimum Gasteiger partial charge on any atom is -0.378 e. The van der Waals surface area contributed by atoms with Gasteiger partial charge in [-0.3, -0.25) is 4.79 Å². The molecule has 1 amide bonds. The average Bonchev–Trinajstić information content (AvgIpc) is 2.18. The second-order valence-electron chi connectivity index (χ2n) is 4.60. The van der Waals surface area contributed by atoms with Crippen LogP contribution < -0.4 is 5.32 Å². The molecule has 0 aromatic heterocycles. The van der Waals surface area contributed by atoms with Gasteiger partial charge in [-0.2, -0.15) is 0 Å². The molecule has 1 aliphatic heterocycles. The van der Waals surface area contributed by atoms with E-state index < -0.39 is 0 Å². The summed E-state index contributed by atoms with van der Waals surface area (Å²) in [7, 11) is 1.87. The maximum absolute atomic E-state index is 11.8. The number of nitrogens with zero attached hydrogens (tertiary/aromatic N) is 1. The number of hydrogen-bond donors (Lipinski definition) is 1. The summed E-state index contributed by atoms with van der Waals surface area (Å²) in [4.78, 5) is 13.6. The van der Waals surface area contributed by atoms with Crippen molar-refractivity contribution in [2.24, 2.45) is 5.92 Å². The highest BCUT2D eigenvalue weighted by Gasteiger charge is 2.19. The van der Waals surface area contributed by atoms with Gasteiger partial charge in [0.1, 0.15) is 0 Å². The second-order valence-corrected chi connectivity index (χ2v) is 4.60. The highest BCUT2D eigenvalue weighted by molar-refractivity contribution is 5.85. The van der Waals surface area contributed by atoms with Gasteiger partial charge in [-0.25, -0.2) is 0 Å². The summed E-state index contributed by atoms with van der Waals surface area (Å²) in [6.07, 6.45) is 0.545. The third-order valence-electron chi connectivity index (χ3n) is 2.48. The van der Waals surface area contributed by atoms with Crippen molar-refractivity contribution in [3.8, 4) is 0 Å². The molecule has 1 rings (SSSR count). The van der Waals surface area contributed by atoms with Gasteiger partial charge in [0.05, 0.1) is 13.2 Å². The quantitative estimate of drug-likeness (QED) is 0.806. The first-order chi connectivity index (χ1) is 7.09. The number of halogens is 1. The van der Waals surface area contributed by atoms with E-state index in [1.165, 1.54) is 0 Å². The van der Waals surface area contributed by atoms with Crippen molar-refractivity contribution in [2.75, 3.05) is 33.4 Å². The number of carbonyl (C=O) groups excluding carboxylic acids is 1. The molecule has 96 valence electrons. The zero-order valence-corrected chi connectivity index (χ0v) is 11.2. The van der Waals surface area contributed by atoms with Crippen molar-refractivity contribution >= 4 is 18.3 Å². The number of hydrogen-bond acceptors (Lipinski definition) is 3. The maximum Gasteiger partial charge on any atom is 0.223 e. The van der Waals surface area contributed by atoms with Crippen LogP contribution >= 0.6 is 12.4 Å². The average molecular weight is 251 g/mol. The van der Waals surface area contributed by atoms with E-state index in [4.69, 9.17) is 4.74 Å². The van der Waals surface area contributed by atoms with Crippen LogP contribution in [0.2, 0.25) is 0 Å². The van der Waals surface area contributed by atoms with Gasteiger partial charge >= 0.3 is 0 Å². The molecule has 1 heterocycles. The van der Waals surface area contributed by atoms with E-state index in [1.807, 2.05) is 7.05 Å². The van der Waals surface area contributed by atoms with E-state index >= 15 is 0 Å². The van der Waals surface area contributed by atoms with Crippen LogP contribution in [-0.4, -0.2) is 50.2 Å². The van der Waals surface area contributed by atoms with Crippen molar-refractivity contribution in [1.29, 1.82) is 0 Å². The Balaban J connectivity index is 0.00000225. The van der Waals surface area contributed by atoms with E-state index in [0.29, 0.717) is 18.9 Å². The monoisotopic (exact) mass is 250 g/mol. The zero-order chi connectivity index (χ0) is 11.3. The van der Waals surface area contributed by atoms with Crippen molar-refractivity contribution in [1.82, 2.24) is 10.2 Å². The number of nitrogens with one attached hydrogen (secondary N) is 1. The van der Waals surface area contributed by atoms with Crippen LogP contribution in [-0.2, 0) is 9.53 Å². The molecule has 0 aromatic carbocycles. The fourth-order valence-electron chi connectivity index (χ4n) is 1.77. The van der Waals surface area contributed by atoms with Crippen molar-refractivity contribution in [3.05, 3.63) is 0 Å². The number of rotatable bonds is 4. The number of ether oxygens (including phenoxy) is 1. The standard InChI is InChI=1S/C11H22N2O2.ClH/c1-9(2)7-13(3)11(14)6-10-8-15-5-4-12-10;/h9-10,12H,4-8H2,1-3H3;1H. The number of amides is 1. The van der Waals surface area contributed by atoms with Crippen molar-refractivity contribution in [3.63, 3.8) is 0 Å².